The number of carbonyl (C=O) groups excluding carboxylic acids is 2. The summed E-state index contributed by atoms with van der Waals surface area (Å²) < 4.78 is 1.64. The molecule has 2 heterocycles. The van der Waals surface area contributed by atoms with Crippen LogP contribution in [0.3, 0.4) is 0 Å². The van der Waals surface area contributed by atoms with Crippen LogP contribution in [-0.2, 0) is 11.3 Å². The number of benzene rings is 1. The molecule has 6 nitrogen and oxygen atoms in total. The first-order valence-corrected chi connectivity index (χ1v) is 9.81. The van der Waals surface area contributed by atoms with Crippen molar-refractivity contribution in [3.63, 3.8) is 0 Å². The number of thiophene rings is 1. The Labute approximate surface area is 167 Å². The lowest BCUT2D eigenvalue weighted by atomic mass is 10.1. The molecule has 0 radical (unpaired) electrons. The third-order valence-corrected chi connectivity index (χ3v) is 6.11. The Hall–Kier alpha value is -2.93. The predicted molar refractivity (Wildman–Crippen MR) is 113 cm³/mol. The highest BCUT2D eigenvalue weighted by Gasteiger charge is 2.19. The maximum absolute atomic E-state index is 12.5. The molecule has 0 spiro atoms. The molecule has 3 aromatic rings. The fourth-order valence-electron chi connectivity index (χ4n) is 3.42. The summed E-state index contributed by atoms with van der Waals surface area (Å²) in [4.78, 5) is 37.7. The molecule has 0 fully saturated rings. The largest absolute Gasteiger partial charge is 0.365 e. The lowest BCUT2D eigenvalue weighted by Crippen LogP contribution is -2.24. The number of rotatable bonds is 5. The highest BCUT2D eigenvalue weighted by atomic mass is 32.1. The van der Waals surface area contributed by atoms with Gasteiger partial charge in [0, 0.05) is 29.3 Å². The fourth-order valence-corrected chi connectivity index (χ4v) is 4.50. The molecule has 7 heteroatoms. The second-order valence-electron chi connectivity index (χ2n) is 6.94. The summed E-state index contributed by atoms with van der Waals surface area (Å²) in [7, 11) is 0. The van der Waals surface area contributed by atoms with E-state index in [-0.39, 0.29) is 24.4 Å². The number of amides is 2. The Morgan fingerprint density at radius 1 is 1.14 bits per heavy atom. The van der Waals surface area contributed by atoms with Crippen molar-refractivity contribution >= 4 is 39.1 Å². The Kier molecular flexibility index (Phi) is 5.38. The van der Waals surface area contributed by atoms with Crippen LogP contribution in [0, 0.1) is 27.7 Å². The number of nitrogens with one attached hydrogen (secondary N) is 1. The van der Waals surface area contributed by atoms with Gasteiger partial charge in [0.25, 0.3) is 11.5 Å². The third-order valence-electron chi connectivity index (χ3n) is 4.99. The van der Waals surface area contributed by atoms with Crippen molar-refractivity contribution in [3.05, 3.63) is 61.8 Å². The molecule has 0 aliphatic rings. The molecule has 0 bridgehead atoms. The van der Waals surface area contributed by atoms with Gasteiger partial charge in [0.15, 0.2) is 0 Å². The lowest BCUT2D eigenvalue weighted by molar-refractivity contribution is -0.116. The van der Waals surface area contributed by atoms with Crippen molar-refractivity contribution in [3.8, 4) is 0 Å². The van der Waals surface area contributed by atoms with Crippen LogP contribution in [0.2, 0.25) is 0 Å². The Morgan fingerprint density at radius 3 is 2.54 bits per heavy atom. The summed E-state index contributed by atoms with van der Waals surface area (Å²) in [6.07, 6.45) is 0.112. The van der Waals surface area contributed by atoms with Crippen LogP contribution in [-0.4, -0.2) is 16.4 Å². The van der Waals surface area contributed by atoms with Gasteiger partial charge in [0.05, 0.1) is 11.1 Å². The van der Waals surface area contributed by atoms with Crippen molar-refractivity contribution < 1.29 is 9.59 Å². The van der Waals surface area contributed by atoms with Gasteiger partial charge in [-0.3, -0.25) is 14.4 Å². The van der Waals surface area contributed by atoms with Gasteiger partial charge in [-0.05, 0) is 44.4 Å². The van der Waals surface area contributed by atoms with E-state index in [9.17, 15) is 14.4 Å². The van der Waals surface area contributed by atoms with Gasteiger partial charge in [-0.2, -0.15) is 0 Å². The Bertz CT molecular complexity index is 1160. The van der Waals surface area contributed by atoms with E-state index in [0.29, 0.717) is 10.6 Å². The zero-order valence-corrected chi connectivity index (χ0v) is 17.2. The summed E-state index contributed by atoms with van der Waals surface area (Å²) in [6, 6.07) is 7.48. The van der Waals surface area contributed by atoms with Gasteiger partial charge in [0.2, 0.25) is 5.91 Å². The molecule has 0 saturated carbocycles. The summed E-state index contributed by atoms with van der Waals surface area (Å²) in [5.74, 6) is -0.827. The third kappa shape index (κ3) is 3.57. The first-order valence-electron chi connectivity index (χ1n) is 9.00. The number of para-hydroxylation sites is 1. The van der Waals surface area contributed by atoms with Crippen LogP contribution in [0.15, 0.2) is 29.1 Å². The zero-order valence-electron chi connectivity index (χ0n) is 16.4. The first kappa shape index (κ1) is 19.8. The minimum atomic E-state index is -0.562. The van der Waals surface area contributed by atoms with Gasteiger partial charge in [0.1, 0.15) is 5.00 Å². The fraction of sp³-hybridized carbons (Fsp3) is 0.286. The zero-order chi connectivity index (χ0) is 20.6. The molecule has 0 aliphatic heterocycles. The topological polar surface area (TPSA) is 94.2 Å². The van der Waals surface area contributed by atoms with Crippen molar-refractivity contribution in [2.45, 2.75) is 40.7 Å². The number of nitrogens with two attached hydrogens (primary N) is 1. The van der Waals surface area contributed by atoms with Crippen LogP contribution in [0.1, 0.15) is 38.3 Å². The van der Waals surface area contributed by atoms with E-state index in [1.54, 1.807) is 10.6 Å². The van der Waals surface area contributed by atoms with E-state index in [2.05, 4.69) is 5.32 Å². The minimum Gasteiger partial charge on any atom is -0.365 e. The van der Waals surface area contributed by atoms with E-state index in [1.165, 1.54) is 11.3 Å². The molecule has 1 aromatic carbocycles. The van der Waals surface area contributed by atoms with Gasteiger partial charge >= 0.3 is 0 Å². The smallest absolute Gasteiger partial charge is 0.251 e. The maximum Gasteiger partial charge on any atom is 0.251 e. The molecule has 0 atom stereocenters. The molecule has 0 unspecified atom stereocenters. The average molecular weight is 398 g/mol. The lowest BCUT2D eigenvalue weighted by Gasteiger charge is -2.14. The normalized spacial score (nSPS) is 11.0. The molecule has 3 rings (SSSR count). The molecule has 28 heavy (non-hydrogen) atoms. The number of fused-ring (bicyclic) bond motifs is 1. The predicted octanol–water partition coefficient (Wildman–Crippen LogP) is 3.42. The van der Waals surface area contributed by atoms with E-state index in [0.717, 1.165) is 32.5 Å². The van der Waals surface area contributed by atoms with Crippen LogP contribution in [0.25, 0.3) is 10.9 Å². The van der Waals surface area contributed by atoms with Crippen molar-refractivity contribution in [1.29, 1.82) is 0 Å². The Balaban J connectivity index is 1.86. The van der Waals surface area contributed by atoms with Crippen molar-refractivity contribution in [1.82, 2.24) is 4.57 Å². The summed E-state index contributed by atoms with van der Waals surface area (Å²) >= 11 is 1.33. The molecule has 0 aliphatic carbocycles. The number of pyridine rings is 1. The molecule has 2 aromatic heterocycles. The molecular formula is C21H23N3O3S. The van der Waals surface area contributed by atoms with Gasteiger partial charge in [-0.25, -0.2) is 0 Å². The minimum absolute atomic E-state index is 0.112. The summed E-state index contributed by atoms with van der Waals surface area (Å²) in [6.45, 7) is 7.80. The van der Waals surface area contributed by atoms with Crippen molar-refractivity contribution in [2.75, 3.05) is 5.32 Å². The highest BCUT2D eigenvalue weighted by Crippen LogP contribution is 2.32. The number of anilines is 1. The van der Waals surface area contributed by atoms with E-state index < -0.39 is 5.91 Å². The number of nitrogens with zero attached hydrogens (tertiary/aromatic N) is 1. The summed E-state index contributed by atoms with van der Waals surface area (Å²) in [5.41, 5.74) is 9.20. The Morgan fingerprint density at radius 2 is 1.86 bits per heavy atom. The van der Waals surface area contributed by atoms with Gasteiger partial charge in [-0.15, -0.1) is 11.3 Å². The average Bonchev–Trinajstić information content (AvgIpc) is 2.89. The number of primary amides is 1. The van der Waals surface area contributed by atoms with Crippen LogP contribution < -0.4 is 16.6 Å². The second kappa shape index (κ2) is 7.59. The van der Waals surface area contributed by atoms with Crippen LogP contribution >= 0.6 is 11.3 Å². The van der Waals surface area contributed by atoms with Crippen molar-refractivity contribution in [2.24, 2.45) is 5.73 Å². The highest BCUT2D eigenvalue weighted by molar-refractivity contribution is 7.16. The van der Waals surface area contributed by atoms with Gasteiger partial charge < -0.3 is 15.6 Å². The van der Waals surface area contributed by atoms with E-state index >= 15 is 0 Å². The number of hydrogen-bond donors (Lipinski definition) is 2. The number of aryl methyl sites for hydroxylation is 4. The number of hydrogen-bond acceptors (Lipinski definition) is 4. The molecule has 0 saturated heterocycles. The SMILES string of the molecule is Cc1sc(NC(=O)CCn2c(=O)cc(C)c3cccc(C)c32)c(C(N)=O)c1C. The second-order valence-corrected chi connectivity index (χ2v) is 8.16. The van der Waals surface area contributed by atoms with Crippen LogP contribution in [0.4, 0.5) is 5.00 Å². The van der Waals surface area contributed by atoms with E-state index in [1.807, 2.05) is 45.9 Å². The molecule has 3 N–H and O–H groups in total. The van der Waals surface area contributed by atoms with Gasteiger partial charge in [-0.1, -0.05) is 18.2 Å². The monoisotopic (exact) mass is 397 g/mol. The standard InChI is InChI=1S/C21H23N3O3S/c1-11-6-5-7-15-12(2)10-17(26)24(19(11)15)9-8-16(25)23-21-18(20(22)27)13(3)14(4)28-21/h5-7,10H,8-9H2,1-4H3,(H2,22,27)(H,23,25). The molecular weight excluding hydrogens is 374 g/mol. The molecule has 146 valence electrons. The maximum atomic E-state index is 12.5. The van der Waals surface area contributed by atoms with Crippen LogP contribution in [0.5, 0.6) is 0 Å². The molecule has 2 amide bonds. The number of aromatic nitrogens is 1. The first-order chi connectivity index (χ1) is 13.2. The number of carbonyl (C=O) groups is 2. The summed E-state index contributed by atoms with van der Waals surface area (Å²) in [5, 5.41) is 4.24. The quantitative estimate of drug-likeness (QED) is 0.691. The van der Waals surface area contributed by atoms with E-state index in [4.69, 9.17) is 5.73 Å².